The molecule has 0 spiro atoms. The summed E-state index contributed by atoms with van der Waals surface area (Å²) in [6, 6.07) is 8.14. The zero-order valence-corrected chi connectivity index (χ0v) is 18.5. The van der Waals surface area contributed by atoms with Crippen molar-refractivity contribution in [1.29, 1.82) is 0 Å². The number of furan rings is 1. The fraction of sp³-hybridized carbons (Fsp3) is 0.458. The predicted molar refractivity (Wildman–Crippen MR) is 120 cm³/mol. The molecular weight excluding hydrogens is 376 g/mol. The van der Waals surface area contributed by atoms with E-state index in [1.807, 2.05) is 32.9 Å². The first-order valence-electron chi connectivity index (χ1n) is 10.7. The van der Waals surface area contributed by atoms with E-state index in [-0.39, 0.29) is 11.8 Å². The molecule has 1 amide bonds. The van der Waals surface area contributed by atoms with Crippen LogP contribution < -0.4 is 10.2 Å². The highest BCUT2D eigenvalue weighted by molar-refractivity contribution is 5.94. The molecule has 0 bridgehead atoms. The van der Waals surface area contributed by atoms with Crippen molar-refractivity contribution >= 4 is 28.5 Å². The molecule has 1 fully saturated rings. The molecule has 1 atom stereocenters. The van der Waals surface area contributed by atoms with Gasteiger partial charge < -0.3 is 14.6 Å². The van der Waals surface area contributed by atoms with Gasteiger partial charge in [-0.3, -0.25) is 4.79 Å². The van der Waals surface area contributed by atoms with Crippen LogP contribution in [0.25, 0.3) is 11.1 Å². The molecular formula is C24H30N4O2. The van der Waals surface area contributed by atoms with Gasteiger partial charge in [-0.15, -0.1) is 0 Å². The average Bonchev–Trinajstić information content (AvgIpc) is 3.01. The maximum atomic E-state index is 13.0. The highest BCUT2D eigenvalue weighted by Crippen LogP contribution is 2.33. The van der Waals surface area contributed by atoms with Gasteiger partial charge in [0.05, 0.1) is 11.3 Å². The molecule has 4 rings (SSSR count). The van der Waals surface area contributed by atoms with Gasteiger partial charge in [-0.25, -0.2) is 4.98 Å². The zero-order chi connectivity index (χ0) is 21.4. The number of aromatic nitrogens is 2. The number of aryl methyl sites for hydroxylation is 3. The van der Waals surface area contributed by atoms with E-state index >= 15 is 0 Å². The van der Waals surface area contributed by atoms with Crippen LogP contribution in [0.3, 0.4) is 0 Å². The van der Waals surface area contributed by atoms with E-state index in [1.54, 1.807) is 0 Å². The average molecular weight is 407 g/mol. The Kier molecular flexibility index (Phi) is 5.50. The third-order valence-electron chi connectivity index (χ3n) is 6.06. The topological polar surface area (TPSA) is 71.3 Å². The predicted octanol–water partition coefficient (Wildman–Crippen LogP) is 5.13. The summed E-state index contributed by atoms with van der Waals surface area (Å²) in [5.41, 5.74) is 3.81. The first-order valence-corrected chi connectivity index (χ1v) is 10.7. The van der Waals surface area contributed by atoms with Crippen LogP contribution in [0.15, 0.2) is 28.7 Å². The van der Waals surface area contributed by atoms with E-state index in [0.29, 0.717) is 24.0 Å². The van der Waals surface area contributed by atoms with Gasteiger partial charge in [0.1, 0.15) is 17.4 Å². The quantitative estimate of drug-likeness (QED) is 0.651. The highest BCUT2D eigenvalue weighted by atomic mass is 16.3. The van der Waals surface area contributed by atoms with E-state index in [2.05, 4.69) is 41.2 Å². The van der Waals surface area contributed by atoms with Crippen molar-refractivity contribution in [3.8, 4) is 0 Å². The minimum atomic E-state index is -0.0813. The molecule has 158 valence electrons. The van der Waals surface area contributed by atoms with E-state index in [1.165, 1.54) is 5.56 Å². The molecule has 3 heterocycles. The highest BCUT2D eigenvalue weighted by Gasteiger charge is 2.29. The normalized spacial score (nSPS) is 17.0. The molecule has 3 aromatic rings. The van der Waals surface area contributed by atoms with Crippen molar-refractivity contribution in [1.82, 2.24) is 9.97 Å². The smallest absolute Gasteiger partial charge is 0.231 e. The molecule has 2 aromatic heterocycles. The number of hydrogen-bond donors (Lipinski definition) is 1. The number of nitrogens with zero attached hydrogens (tertiary/aromatic N) is 3. The van der Waals surface area contributed by atoms with Gasteiger partial charge in [0.25, 0.3) is 0 Å². The van der Waals surface area contributed by atoms with Crippen molar-refractivity contribution in [2.45, 2.75) is 53.4 Å². The molecule has 0 unspecified atom stereocenters. The Morgan fingerprint density at radius 1 is 1.17 bits per heavy atom. The lowest BCUT2D eigenvalue weighted by Gasteiger charge is -2.33. The van der Waals surface area contributed by atoms with Crippen LogP contribution in [0.5, 0.6) is 0 Å². The molecule has 0 radical (unpaired) electrons. The van der Waals surface area contributed by atoms with E-state index in [0.717, 1.165) is 47.6 Å². The summed E-state index contributed by atoms with van der Waals surface area (Å²) < 4.78 is 5.83. The van der Waals surface area contributed by atoms with Gasteiger partial charge in [0, 0.05) is 24.3 Å². The molecule has 1 N–H and O–H groups in total. The SMILES string of the molecule is Cc1nc(N2CCC[C@@H](C(=O)Nc3ccc(C(C)C)cc3)C2)c2c(C)c(C)oc2n1. The van der Waals surface area contributed by atoms with Crippen LogP contribution >= 0.6 is 0 Å². The molecule has 1 saturated heterocycles. The molecule has 1 aliphatic heterocycles. The van der Waals surface area contributed by atoms with Crippen LogP contribution in [0.4, 0.5) is 11.5 Å². The van der Waals surface area contributed by atoms with Gasteiger partial charge in [-0.2, -0.15) is 4.98 Å². The number of nitrogens with one attached hydrogen (secondary N) is 1. The number of piperidine rings is 1. The summed E-state index contributed by atoms with van der Waals surface area (Å²) in [6.07, 6.45) is 1.83. The number of carbonyl (C=O) groups is 1. The lowest BCUT2D eigenvalue weighted by atomic mass is 9.96. The summed E-state index contributed by atoms with van der Waals surface area (Å²) in [5.74, 6) is 2.89. The Hall–Kier alpha value is -2.89. The second-order valence-corrected chi connectivity index (χ2v) is 8.61. The number of anilines is 2. The monoisotopic (exact) mass is 406 g/mol. The lowest BCUT2D eigenvalue weighted by molar-refractivity contribution is -0.120. The Morgan fingerprint density at radius 3 is 2.60 bits per heavy atom. The molecule has 1 aromatic carbocycles. The molecule has 30 heavy (non-hydrogen) atoms. The second kappa shape index (κ2) is 8.09. The molecule has 1 aliphatic rings. The Balaban J connectivity index is 1.53. The van der Waals surface area contributed by atoms with Crippen LogP contribution in [-0.4, -0.2) is 29.0 Å². The first kappa shape index (κ1) is 20.4. The second-order valence-electron chi connectivity index (χ2n) is 8.61. The number of fused-ring (bicyclic) bond motifs is 1. The zero-order valence-electron chi connectivity index (χ0n) is 18.5. The Labute approximate surface area is 177 Å². The van der Waals surface area contributed by atoms with Crippen LogP contribution in [-0.2, 0) is 4.79 Å². The molecule has 6 heteroatoms. The molecule has 0 saturated carbocycles. The third-order valence-corrected chi connectivity index (χ3v) is 6.06. The van der Waals surface area contributed by atoms with E-state index < -0.39 is 0 Å². The van der Waals surface area contributed by atoms with Crippen LogP contribution in [0, 0.1) is 26.7 Å². The number of carbonyl (C=O) groups excluding carboxylic acids is 1. The Bertz CT molecular complexity index is 1070. The van der Waals surface area contributed by atoms with Gasteiger partial charge in [-0.1, -0.05) is 26.0 Å². The van der Waals surface area contributed by atoms with Crippen molar-refractivity contribution in [3.05, 3.63) is 47.0 Å². The van der Waals surface area contributed by atoms with Crippen molar-refractivity contribution in [2.24, 2.45) is 5.92 Å². The largest absolute Gasteiger partial charge is 0.443 e. The number of amides is 1. The van der Waals surface area contributed by atoms with Crippen molar-refractivity contribution < 1.29 is 9.21 Å². The van der Waals surface area contributed by atoms with Crippen LogP contribution in [0.1, 0.15) is 55.3 Å². The fourth-order valence-corrected chi connectivity index (χ4v) is 4.14. The first-order chi connectivity index (χ1) is 14.3. The third kappa shape index (κ3) is 3.91. The van der Waals surface area contributed by atoms with Gasteiger partial charge in [-0.05, 0) is 57.2 Å². The standard InChI is InChI=1S/C24H30N4O2/c1-14(2)18-8-10-20(11-9-18)27-23(29)19-7-6-12-28(13-19)22-21-15(3)16(4)30-24(21)26-17(5)25-22/h8-11,14,19H,6-7,12-13H2,1-5H3,(H,27,29)/t19-/m1/s1. The van der Waals surface area contributed by atoms with Gasteiger partial charge in [0.2, 0.25) is 11.6 Å². The minimum Gasteiger partial charge on any atom is -0.443 e. The fourth-order valence-electron chi connectivity index (χ4n) is 4.14. The maximum Gasteiger partial charge on any atom is 0.231 e. The van der Waals surface area contributed by atoms with Gasteiger partial charge in [0.15, 0.2) is 0 Å². The molecule has 0 aliphatic carbocycles. The number of rotatable bonds is 4. The van der Waals surface area contributed by atoms with Crippen LogP contribution in [0.2, 0.25) is 0 Å². The minimum absolute atomic E-state index is 0.0686. The Morgan fingerprint density at radius 2 is 1.90 bits per heavy atom. The van der Waals surface area contributed by atoms with Crippen molar-refractivity contribution in [2.75, 3.05) is 23.3 Å². The molecule has 6 nitrogen and oxygen atoms in total. The summed E-state index contributed by atoms with van der Waals surface area (Å²) in [6.45, 7) is 11.7. The maximum absolute atomic E-state index is 13.0. The number of hydrogen-bond acceptors (Lipinski definition) is 5. The summed E-state index contributed by atoms with van der Waals surface area (Å²) in [4.78, 5) is 24.4. The van der Waals surface area contributed by atoms with E-state index in [4.69, 9.17) is 9.40 Å². The number of benzene rings is 1. The summed E-state index contributed by atoms with van der Waals surface area (Å²) in [7, 11) is 0. The van der Waals surface area contributed by atoms with Gasteiger partial charge >= 0.3 is 0 Å². The van der Waals surface area contributed by atoms with Crippen molar-refractivity contribution in [3.63, 3.8) is 0 Å². The lowest BCUT2D eigenvalue weighted by Crippen LogP contribution is -2.41. The summed E-state index contributed by atoms with van der Waals surface area (Å²) >= 11 is 0. The summed E-state index contributed by atoms with van der Waals surface area (Å²) in [5, 5.41) is 4.06. The van der Waals surface area contributed by atoms with E-state index in [9.17, 15) is 4.79 Å².